The molecular formula is C15H18N2O3S. The molecule has 0 saturated carbocycles. The summed E-state index contributed by atoms with van der Waals surface area (Å²) in [6.07, 6.45) is -1.02. The van der Waals surface area contributed by atoms with Gasteiger partial charge < -0.3 is 10.2 Å². The highest BCUT2D eigenvalue weighted by Gasteiger charge is 2.20. The molecule has 0 unspecified atom stereocenters. The second-order valence-electron chi connectivity index (χ2n) is 5.32. The number of aromatic nitrogens is 1. The van der Waals surface area contributed by atoms with Crippen LogP contribution >= 0.6 is 11.3 Å². The van der Waals surface area contributed by atoms with E-state index < -0.39 is 6.09 Å². The van der Waals surface area contributed by atoms with Crippen LogP contribution < -0.4 is 4.90 Å². The fourth-order valence-corrected chi connectivity index (χ4v) is 2.80. The number of anilines is 1. The molecule has 0 atom stereocenters. The summed E-state index contributed by atoms with van der Waals surface area (Å²) < 4.78 is 0. The normalized spacial score (nSPS) is 10.9. The number of carbonyl (C=O) groups is 1. The van der Waals surface area contributed by atoms with Crippen LogP contribution in [0.5, 0.6) is 5.75 Å². The predicted octanol–water partition coefficient (Wildman–Crippen LogP) is 3.96. The minimum atomic E-state index is -1.02. The zero-order valence-corrected chi connectivity index (χ0v) is 13.0. The molecule has 0 saturated heterocycles. The molecule has 0 aliphatic carbocycles. The number of rotatable bonds is 4. The van der Waals surface area contributed by atoms with E-state index in [0.29, 0.717) is 22.9 Å². The summed E-state index contributed by atoms with van der Waals surface area (Å²) in [5, 5.41) is 21.4. The molecule has 21 heavy (non-hydrogen) atoms. The van der Waals surface area contributed by atoms with Gasteiger partial charge in [-0.1, -0.05) is 25.5 Å². The predicted molar refractivity (Wildman–Crippen MR) is 84.2 cm³/mol. The average molecular weight is 306 g/mol. The lowest BCUT2D eigenvalue weighted by Gasteiger charge is -2.17. The number of hydrogen-bond donors (Lipinski definition) is 2. The maximum Gasteiger partial charge on any atom is 0.413 e. The van der Waals surface area contributed by atoms with Gasteiger partial charge in [-0.05, 0) is 25.0 Å². The molecule has 6 heteroatoms. The highest BCUT2D eigenvalue weighted by atomic mass is 32.1. The van der Waals surface area contributed by atoms with Gasteiger partial charge in [0.1, 0.15) is 5.75 Å². The summed E-state index contributed by atoms with van der Waals surface area (Å²) in [4.78, 5) is 16.9. The van der Waals surface area contributed by atoms with Crippen molar-refractivity contribution in [2.45, 2.75) is 20.8 Å². The van der Waals surface area contributed by atoms with E-state index in [1.807, 2.05) is 32.9 Å². The first-order chi connectivity index (χ1) is 9.88. The van der Waals surface area contributed by atoms with Crippen molar-refractivity contribution in [3.8, 4) is 17.0 Å². The van der Waals surface area contributed by atoms with Gasteiger partial charge in [0, 0.05) is 17.5 Å². The van der Waals surface area contributed by atoms with Crippen molar-refractivity contribution in [1.29, 1.82) is 0 Å². The van der Waals surface area contributed by atoms with Crippen molar-refractivity contribution in [2.75, 3.05) is 11.4 Å². The van der Waals surface area contributed by atoms with Gasteiger partial charge in [-0.3, -0.25) is 4.90 Å². The Morgan fingerprint density at radius 1 is 1.43 bits per heavy atom. The zero-order chi connectivity index (χ0) is 15.6. The van der Waals surface area contributed by atoms with Crippen molar-refractivity contribution in [2.24, 2.45) is 5.92 Å². The van der Waals surface area contributed by atoms with Crippen LogP contribution in [0.15, 0.2) is 23.6 Å². The van der Waals surface area contributed by atoms with Crippen molar-refractivity contribution in [1.82, 2.24) is 4.98 Å². The third-order valence-electron chi connectivity index (χ3n) is 2.93. The van der Waals surface area contributed by atoms with Crippen LogP contribution in [0, 0.1) is 12.8 Å². The van der Waals surface area contributed by atoms with Crippen LogP contribution in [0.1, 0.15) is 19.4 Å². The van der Waals surface area contributed by atoms with Crippen LogP contribution in [0.2, 0.25) is 0 Å². The topological polar surface area (TPSA) is 73.7 Å². The number of carboxylic acid groups (broad SMARTS) is 1. The van der Waals surface area contributed by atoms with Crippen LogP contribution in [0.25, 0.3) is 11.3 Å². The molecule has 2 rings (SSSR count). The van der Waals surface area contributed by atoms with E-state index in [-0.39, 0.29) is 11.7 Å². The lowest BCUT2D eigenvalue weighted by atomic mass is 10.1. The van der Waals surface area contributed by atoms with Crippen LogP contribution in [0.4, 0.5) is 9.93 Å². The SMILES string of the molecule is Cc1ccc(O)c(-c2csc(N(CC(C)C)C(=O)O)n2)c1. The number of aryl methyl sites for hydroxylation is 1. The lowest BCUT2D eigenvalue weighted by Crippen LogP contribution is -2.32. The molecule has 2 N–H and O–H groups in total. The summed E-state index contributed by atoms with van der Waals surface area (Å²) in [5.41, 5.74) is 2.22. The van der Waals surface area contributed by atoms with E-state index in [1.165, 1.54) is 16.2 Å². The summed E-state index contributed by atoms with van der Waals surface area (Å²) in [5.74, 6) is 0.351. The van der Waals surface area contributed by atoms with Gasteiger partial charge in [0.25, 0.3) is 0 Å². The minimum Gasteiger partial charge on any atom is -0.507 e. The minimum absolute atomic E-state index is 0.142. The summed E-state index contributed by atoms with van der Waals surface area (Å²) >= 11 is 1.26. The molecule has 1 heterocycles. The quantitative estimate of drug-likeness (QED) is 0.896. The second-order valence-corrected chi connectivity index (χ2v) is 6.16. The number of benzene rings is 1. The lowest BCUT2D eigenvalue weighted by molar-refractivity contribution is 0.201. The first-order valence-electron chi connectivity index (χ1n) is 6.64. The Morgan fingerprint density at radius 2 is 2.14 bits per heavy atom. The van der Waals surface area contributed by atoms with Crippen molar-refractivity contribution < 1.29 is 15.0 Å². The number of phenols is 1. The molecule has 1 amide bonds. The number of phenolic OH excluding ortho intramolecular Hbond substituents is 1. The van der Waals surface area contributed by atoms with Gasteiger partial charge in [-0.25, -0.2) is 9.78 Å². The Morgan fingerprint density at radius 3 is 2.76 bits per heavy atom. The molecule has 0 aliphatic rings. The number of nitrogens with zero attached hydrogens (tertiary/aromatic N) is 2. The Balaban J connectivity index is 2.36. The van der Waals surface area contributed by atoms with Crippen molar-refractivity contribution in [3.63, 3.8) is 0 Å². The van der Waals surface area contributed by atoms with E-state index in [1.54, 1.807) is 11.4 Å². The average Bonchev–Trinajstić information content (AvgIpc) is 2.87. The molecule has 0 fully saturated rings. The highest BCUT2D eigenvalue weighted by molar-refractivity contribution is 7.14. The van der Waals surface area contributed by atoms with E-state index in [4.69, 9.17) is 0 Å². The first kappa shape index (κ1) is 15.3. The van der Waals surface area contributed by atoms with Crippen molar-refractivity contribution >= 4 is 22.6 Å². The van der Waals surface area contributed by atoms with Crippen LogP contribution in [-0.2, 0) is 0 Å². The molecule has 1 aromatic carbocycles. The Hall–Kier alpha value is -2.08. The third kappa shape index (κ3) is 3.52. The standard InChI is InChI=1S/C15H18N2O3S/c1-9(2)7-17(15(19)20)14-16-12(8-21-14)11-6-10(3)4-5-13(11)18/h4-6,8-9,18H,7H2,1-3H3,(H,19,20). The van der Waals surface area contributed by atoms with Gasteiger partial charge in [0.15, 0.2) is 5.13 Å². The van der Waals surface area contributed by atoms with E-state index in [2.05, 4.69) is 4.98 Å². The maximum atomic E-state index is 11.3. The van der Waals surface area contributed by atoms with Gasteiger partial charge in [-0.15, -0.1) is 11.3 Å². The zero-order valence-electron chi connectivity index (χ0n) is 12.2. The van der Waals surface area contributed by atoms with Gasteiger partial charge >= 0.3 is 6.09 Å². The van der Waals surface area contributed by atoms with E-state index in [0.717, 1.165) is 5.56 Å². The molecule has 0 bridgehead atoms. The second kappa shape index (κ2) is 6.13. The first-order valence-corrected chi connectivity index (χ1v) is 7.52. The van der Waals surface area contributed by atoms with Gasteiger partial charge in [-0.2, -0.15) is 0 Å². The molecular weight excluding hydrogens is 288 g/mol. The van der Waals surface area contributed by atoms with Crippen molar-refractivity contribution in [3.05, 3.63) is 29.1 Å². The smallest absolute Gasteiger partial charge is 0.413 e. The van der Waals surface area contributed by atoms with Crippen LogP contribution in [-0.4, -0.2) is 27.8 Å². The molecule has 0 aliphatic heterocycles. The molecule has 2 aromatic rings. The number of aromatic hydroxyl groups is 1. The Bertz CT molecular complexity index is 652. The number of hydrogen-bond acceptors (Lipinski definition) is 4. The maximum absolute atomic E-state index is 11.3. The number of amides is 1. The summed E-state index contributed by atoms with van der Waals surface area (Å²) in [6, 6.07) is 5.27. The Kier molecular flexibility index (Phi) is 4.47. The van der Waals surface area contributed by atoms with E-state index in [9.17, 15) is 15.0 Å². The fourth-order valence-electron chi connectivity index (χ4n) is 1.97. The highest BCUT2D eigenvalue weighted by Crippen LogP contribution is 2.33. The monoisotopic (exact) mass is 306 g/mol. The third-order valence-corrected chi connectivity index (χ3v) is 3.79. The fraction of sp³-hybridized carbons (Fsp3) is 0.333. The molecule has 0 radical (unpaired) electrons. The van der Waals surface area contributed by atoms with Gasteiger partial charge in [0.05, 0.1) is 5.69 Å². The molecule has 0 spiro atoms. The summed E-state index contributed by atoms with van der Waals surface area (Å²) in [7, 11) is 0. The Labute approximate surface area is 127 Å². The van der Waals surface area contributed by atoms with E-state index >= 15 is 0 Å². The number of thiazole rings is 1. The molecule has 1 aromatic heterocycles. The summed E-state index contributed by atoms with van der Waals surface area (Å²) in [6.45, 7) is 6.23. The van der Waals surface area contributed by atoms with Gasteiger partial charge in [0.2, 0.25) is 0 Å². The molecule has 112 valence electrons. The van der Waals surface area contributed by atoms with Crippen LogP contribution in [0.3, 0.4) is 0 Å². The molecule has 5 nitrogen and oxygen atoms in total. The largest absolute Gasteiger partial charge is 0.507 e.